The van der Waals surface area contributed by atoms with E-state index in [-0.39, 0.29) is 25.9 Å². The molecule has 0 aromatic heterocycles. The van der Waals surface area contributed by atoms with Gasteiger partial charge in [-0.15, -0.1) is 0 Å². The third-order valence-corrected chi connectivity index (χ3v) is 15.2. The van der Waals surface area contributed by atoms with Crippen molar-refractivity contribution in [3.05, 3.63) is 48.6 Å². The molecule has 11 nitrogen and oxygen atoms in total. The van der Waals surface area contributed by atoms with Gasteiger partial charge in [0.2, 0.25) is 0 Å². The van der Waals surface area contributed by atoms with E-state index in [0.29, 0.717) is 19.3 Å². The maximum atomic E-state index is 13.0. The molecule has 78 heavy (non-hydrogen) atoms. The molecule has 0 aliphatic carbocycles. The quantitative estimate of drug-likeness (QED) is 0.0197. The van der Waals surface area contributed by atoms with Crippen LogP contribution < -0.4 is 0 Å². The van der Waals surface area contributed by atoms with Crippen molar-refractivity contribution in [2.75, 3.05) is 26.4 Å². The highest BCUT2D eigenvalue weighted by atomic mass is 31.2. The number of hydrogen-bond acceptors (Lipinski definition) is 10. The first kappa shape index (κ1) is 75.4. The van der Waals surface area contributed by atoms with Crippen molar-refractivity contribution in [1.82, 2.24) is 0 Å². The molecule has 0 amide bonds. The van der Waals surface area contributed by atoms with Gasteiger partial charge in [0.15, 0.2) is 6.10 Å². The van der Waals surface area contributed by atoms with E-state index in [4.69, 9.17) is 23.3 Å². The van der Waals surface area contributed by atoms with Gasteiger partial charge in [-0.2, -0.15) is 0 Å². The van der Waals surface area contributed by atoms with Gasteiger partial charge in [0.1, 0.15) is 12.7 Å². The molecule has 3 unspecified atom stereocenters. The molecule has 12 heteroatoms. The van der Waals surface area contributed by atoms with Gasteiger partial charge in [-0.05, 0) is 77.0 Å². The molecule has 0 saturated carbocycles. The monoisotopic (exact) mass is 1120 g/mol. The number of ether oxygens (including phenoxy) is 3. The van der Waals surface area contributed by atoms with Crippen LogP contribution in [0.2, 0.25) is 0 Å². The van der Waals surface area contributed by atoms with Crippen molar-refractivity contribution in [3.63, 3.8) is 0 Å². The third-order valence-electron chi connectivity index (χ3n) is 14.2. The van der Waals surface area contributed by atoms with Crippen molar-refractivity contribution < 1.29 is 52.2 Å². The Kier molecular flexibility index (Phi) is 58.5. The Morgan fingerprint density at radius 1 is 0.372 bits per heavy atom. The summed E-state index contributed by atoms with van der Waals surface area (Å²) < 4.78 is 39.7. The second-order valence-electron chi connectivity index (χ2n) is 21.9. The average molecular weight is 1120 g/mol. The molecule has 0 saturated heterocycles. The second kappa shape index (κ2) is 60.5. The second-order valence-corrected chi connectivity index (χ2v) is 23.4. The Morgan fingerprint density at radius 3 is 1.04 bits per heavy atom. The molecule has 0 aliphatic heterocycles. The van der Waals surface area contributed by atoms with Crippen LogP contribution in [0, 0.1) is 0 Å². The van der Waals surface area contributed by atoms with Crippen LogP contribution in [0.1, 0.15) is 316 Å². The molecule has 0 fully saturated rings. The molecule has 456 valence electrons. The van der Waals surface area contributed by atoms with Gasteiger partial charge in [-0.25, -0.2) is 4.57 Å². The van der Waals surface area contributed by atoms with Crippen molar-refractivity contribution in [1.29, 1.82) is 0 Å². The fourth-order valence-corrected chi connectivity index (χ4v) is 10.1. The lowest BCUT2D eigenvalue weighted by atomic mass is 10.0. The molecule has 3 atom stereocenters. The molecule has 2 N–H and O–H groups in total. The van der Waals surface area contributed by atoms with Crippen LogP contribution in [0.4, 0.5) is 0 Å². The molecule has 0 bridgehead atoms. The Hall–Kier alpha value is -2.56. The number of aliphatic hydroxyl groups is 1. The highest BCUT2D eigenvalue weighted by molar-refractivity contribution is 7.47. The maximum Gasteiger partial charge on any atom is 0.472 e. The number of phosphoric acid groups is 1. The predicted molar refractivity (Wildman–Crippen MR) is 325 cm³/mol. The average Bonchev–Trinajstić information content (AvgIpc) is 3.43. The van der Waals surface area contributed by atoms with Gasteiger partial charge in [0.05, 0.1) is 19.8 Å². The largest absolute Gasteiger partial charge is 0.472 e. The zero-order chi connectivity index (χ0) is 56.9. The van der Waals surface area contributed by atoms with Crippen molar-refractivity contribution >= 4 is 25.7 Å². The standard InChI is InChI=1S/C66H121O11P/c1-4-7-10-13-16-19-22-25-28-30-31-33-36-39-42-45-48-51-54-57-66(70)77-63(59-73-64(68)55-52-49-46-43-40-37-35-32-29-26-23-20-17-14-11-8-5-2)61-75-78(71,72)74-60-62(58-67)76-65(69)56-53-50-47-44-41-38-34-27-24-21-18-15-12-9-6-3/h9,12,18,21,26-27,29,34,62-63,67H,4-8,10-11,13-17,19-20,22-25,28,30-33,35-61H2,1-3H3,(H,71,72)/b12-9-,21-18-,29-26-,34-27-. The van der Waals surface area contributed by atoms with E-state index in [0.717, 1.165) is 96.3 Å². The summed E-state index contributed by atoms with van der Waals surface area (Å²) in [5.74, 6) is -1.46. The summed E-state index contributed by atoms with van der Waals surface area (Å²) in [5.41, 5.74) is 0. The van der Waals surface area contributed by atoms with Crippen LogP contribution in [0.15, 0.2) is 48.6 Å². The Bertz CT molecular complexity index is 1490. The topological polar surface area (TPSA) is 155 Å². The summed E-state index contributed by atoms with van der Waals surface area (Å²) in [4.78, 5) is 48.7. The maximum absolute atomic E-state index is 13.0. The summed E-state index contributed by atoms with van der Waals surface area (Å²) in [6, 6.07) is 0. The molecular weight excluding hydrogens is 1000 g/mol. The summed E-state index contributed by atoms with van der Waals surface area (Å²) in [5, 5.41) is 9.84. The van der Waals surface area contributed by atoms with E-state index in [1.807, 2.05) is 0 Å². The minimum atomic E-state index is -4.76. The number of allylic oxidation sites excluding steroid dienone is 8. The van der Waals surface area contributed by atoms with Crippen LogP contribution >= 0.6 is 7.82 Å². The molecule has 0 heterocycles. The van der Waals surface area contributed by atoms with Crippen molar-refractivity contribution in [2.24, 2.45) is 0 Å². The molecule has 0 aromatic carbocycles. The van der Waals surface area contributed by atoms with Gasteiger partial charge in [-0.3, -0.25) is 23.4 Å². The van der Waals surface area contributed by atoms with E-state index >= 15 is 0 Å². The Morgan fingerprint density at radius 2 is 0.667 bits per heavy atom. The zero-order valence-corrected chi connectivity index (χ0v) is 51.5. The van der Waals surface area contributed by atoms with Crippen LogP contribution in [-0.2, 0) is 42.2 Å². The van der Waals surface area contributed by atoms with Gasteiger partial charge in [0.25, 0.3) is 0 Å². The number of esters is 3. The van der Waals surface area contributed by atoms with Gasteiger partial charge in [0, 0.05) is 19.3 Å². The van der Waals surface area contributed by atoms with Gasteiger partial charge >= 0.3 is 25.7 Å². The number of hydrogen-bond donors (Lipinski definition) is 2. The third kappa shape index (κ3) is 58.1. The number of carbonyl (C=O) groups is 3. The highest BCUT2D eigenvalue weighted by Gasteiger charge is 2.28. The number of phosphoric ester groups is 1. The van der Waals surface area contributed by atoms with E-state index < -0.39 is 57.8 Å². The fourth-order valence-electron chi connectivity index (χ4n) is 9.31. The molecule has 0 aromatic rings. The SMILES string of the molecule is CC/C=C\C/C=C\C/C=C\CCCCCCCC(=O)OC(CO)COP(=O)(O)OCC(COC(=O)CCCCCCCCC/C=C\CCCCCCCC)OC(=O)CCCCCCCCCCCCCCCCCCCCC. The number of unbranched alkanes of at least 4 members (excludes halogenated alkanes) is 36. The first-order valence-electron chi connectivity index (χ1n) is 32.5. The van der Waals surface area contributed by atoms with E-state index in [1.165, 1.54) is 161 Å². The Labute approximate surface area is 479 Å². The summed E-state index contributed by atoms with van der Waals surface area (Å²) >= 11 is 0. The molecule has 0 spiro atoms. The van der Waals surface area contributed by atoms with E-state index in [2.05, 4.69) is 69.4 Å². The number of carbonyl (C=O) groups excluding carboxylic acids is 3. The van der Waals surface area contributed by atoms with Crippen LogP contribution in [-0.4, -0.2) is 66.5 Å². The predicted octanol–water partition coefficient (Wildman–Crippen LogP) is 19.7. The summed E-state index contributed by atoms with van der Waals surface area (Å²) in [6.07, 6.45) is 66.3. The number of rotatable bonds is 61. The lowest BCUT2D eigenvalue weighted by Gasteiger charge is -2.21. The highest BCUT2D eigenvalue weighted by Crippen LogP contribution is 2.43. The molecule has 0 aliphatic rings. The Balaban J connectivity index is 4.68. The zero-order valence-electron chi connectivity index (χ0n) is 50.6. The van der Waals surface area contributed by atoms with E-state index in [9.17, 15) is 28.9 Å². The first-order valence-corrected chi connectivity index (χ1v) is 34.0. The summed E-state index contributed by atoms with van der Waals surface area (Å²) in [6.45, 7) is 4.57. The van der Waals surface area contributed by atoms with Crippen LogP contribution in [0.25, 0.3) is 0 Å². The van der Waals surface area contributed by atoms with Crippen LogP contribution in [0.3, 0.4) is 0 Å². The van der Waals surface area contributed by atoms with E-state index in [1.54, 1.807) is 0 Å². The van der Waals surface area contributed by atoms with Crippen molar-refractivity contribution in [3.8, 4) is 0 Å². The minimum absolute atomic E-state index is 0.159. The van der Waals surface area contributed by atoms with Gasteiger partial charge in [-0.1, -0.05) is 268 Å². The van der Waals surface area contributed by atoms with Crippen LogP contribution in [0.5, 0.6) is 0 Å². The number of aliphatic hydroxyl groups excluding tert-OH is 1. The lowest BCUT2D eigenvalue weighted by molar-refractivity contribution is -0.161. The molecular formula is C66H121O11P. The normalized spacial score (nSPS) is 13.6. The lowest BCUT2D eigenvalue weighted by Crippen LogP contribution is -2.30. The van der Waals surface area contributed by atoms with Gasteiger partial charge < -0.3 is 24.2 Å². The van der Waals surface area contributed by atoms with Crippen molar-refractivity contribution in [2.45, 2.75) is 328 Å². The fraction of sp³-hybridized carbons (Fsp3) is 0.833. The summed E-state index contributed by atoms with van der Waals surface area (Å²) in [7, 11) is -4.76. The molecule has 0 radical (unpaired) electrons. The minimum Gasteiger partial charge on any atom is -0.462 e. The first-order chi connectivity index (χ1) is 38.2. The smallest absolute Gasteiger partial charge is 0.462 e. The molecule has 0 rings (SSSR count).